The molecular formula is C55H50O. The number of ketones is 1. The molecule has 2 aliphatic rings. The number of rotatable bonds is 8. The number of carbonyl (C=O) groups is 1. The summed E-state index contributed by atoms with van der Waals surface area (Å²) >= 11 is 0. The lowest BCUT2D eigenvalue weighted by atomic mass is 9.47. The molecule has 0 radical (unpaired) electrons. The number of hydrogen-bond donors (Lipinski definition) is 0. The molecule has 0 amide bonds. The first-order chi connectivity index (χ1) is 27.2. The van der Waals surface area contributed by atoms with Gasteiger partial charge in [-0.15, -0.1) is 0 Å². The number of hydrogen-bond acceptors (Lipinski definition) is 1. The number of benzene rings is 6. The van der Waals surface area contributed by atoms with E-state index >= 15 is 4.79 Å². The highest BCUT2D eigenvalue weighted by Crippen LogP contribution is 2.66. The first-order valence-corrected chi connectivity index (χ1v) is 19.9. The van der Waals surface area contributed by atoms with Crippen molar-refractivity contribution in [2.24, 2.45) is 10.8 Å². The normalized spacial score (nSPS) is 22.8. The summed E-state index contributed by atoms with van der Waals surface area (Å²) in [6, 6.07) is 64.4. The molecule has 0 bridgehead atoms. The highest BCUT2D eigenvalue weighted by molar-refractivity contribution is 6.15. The fourth-order valence-electron chi connectivity index (χ4n) is 10.9. The van der Waals surface area contributed by atoms with Gasteiger partial charge in [0.2, 0.25) is 0 Å². The van der Waals surface area contributed by atoms with Crippen LogP contribution in [0.4, 0.5) is 0 Å². The highest BCUT2D eigenvalue weighted by Gasteiger charge is 2.60. The van der Waals surface area contributed by atoms with E-state index in [2.05, 4.69) is 224 Å². The molecule has 0 aromatic heterocycles. The van der Waals surface area contributed by atoms with Crippen LogP contribution in [0.5, 0.6) is 0 Å². The third-order valence-corrected chi connectivity index (χ3v) is 12.8. The Balaban J connectivity index is 1.50. The van der Waals surface area contributed by atoms with Crippen LogP contribution in [-0.2, 0) is 4.79 Å². The second-order valence-electron chi connectivity index (χ2n) is 16.0. The van der Waals surface area contributed by atoms with E-state index in [0.29, 0.717) is 0 Å². The highest BCUT2D eigenvalue weighted by atomic mass is 16.1. The molecule has 276 valence electrons. The molecule has 0 aliphatic heterocycles. The fraction of sp³-hybridized carbons (Fsp3) is 0.182. The van der Waals surface area contributed by atoms with Gasteiger partial charge in [0.1, 0.15) is 0 Å². The van der Waals surface area contributed by atoms with Gasteiger partial charge < -0.3 is 0 Å². The second-order valence-corrected chi connectivity index (χ2v) is 16.0. The Kier molecular flexibility index (Phi) is 9.81. The molecule has 2 aliphatic carbocycles. The lowest BCUT2D eigenvalue weighted by Crippen LogP contribution is -2.51. The zero-order valence-corrected chi connectivity index (χ0v) is 33.4. The van der Waals surface area contributed by atoms with Gasteiger partial charge in [0.25, 0.3) is 0 Å². The number of Topliss-reactive ketones (excluding diaryl/α,β-unsaturated/α-hetero) is 1. The Morgan fingerprint density at radius 3 is 0.911 bits per heavy atom. The molecule has 0 N–H and O–H groups in total. The predicted molar refractivity (Wildman–Crippen MR) is 236 cm³/mol. The van der Waals surface area contributed by atoms with Crippen LogP contribution in [0.25, 0.3) is 22.3 Å². The van der Waals surface area contributed by atoms with E-state index in [1.165, 1.54) is 33.4 Å². The smallest absolute Gasteiger partial charge is 0.155 e. The molecule has 0 saturated heterocycles. The number of carbonyl (C=O) groups excluding carboxylic acids is 1. The van der Waals surface area contributed by atoms with Gasteiger partial charge in [-0.1, -0.05) is 193 Å². The first-order valence-electron chi connectivity index (χ1n) is 19.9. The van der Waals surface area contributed by atoms with E-state index in [0.717, 1.165) is 44.5 Å². The molecule has 0 fully saturated rings. The molecule has 6 aromatic carbocycles. The molecule has 0 saturated carbocycles. The first kappa shape index (κ1) is 36.9. The lowest BCUT2D eigenvalue weighted by Gasteiger charge is -2.53. The average Bonchev–Trinajstić information content (AvgIpc) is 3.23. The molecule has 0 heterocycles. The topological polar surface area (TPSA) is 17.1 Å². The molecular weight excluding hydrogens is 677 g/mol. The minimum absolute atomic E-state index is 0.224. The van der Waals surface area contributed by atoms with Gasteiger partial charge in [0.15, 0.2) is 5.78 Å². The van der Waals surface area contributed by atoms with Crippen molar-refractivity contribution in [3.05, 3.63) is 238 Å². The summed E-state index contributed by atoms with van der Waals surface area (Å²) in [6.45, 7) is 13.6. The summed E-state index contributed by atoms with van der Waals surface area (Å²) in [7, 11) is 0. The third kappa shape index (κ3) is 5.89. The Labute approximate surface area is 333 Å². The van der Waals surface area contributed by atoms with Crippen LogP contribution in [0.15, 0.2) is 204 Å². The zero-order valence-electron chi connectivity index (χ0n) is 33.4. The molecule has 1 nitrogen and oxygen atoms in total. The van der Waals surface area contributed by atoms with Gasteiger partial charge in [-0.05, 0) is 108 Å². The maximum absolute atomic E-state index is 17.3. The summed E-state index contributed by atoms with van der Waals surface area (Å²) < 4.78 is 0. The van der Waals surface area contributed by atoms with Crippen molar-refractivity contribution in [1.82, 2.24) is 0 Å². The van der Waals surface area contributed by atoms with Crippen LogP contribution < -0.4 is 0 Å². The standard InChI is InChI=1S/C55H50O/c1-37-47(41-25-13-7-14-26-41)38(2)50(44-31-19-10-20-32-44)54(5,49(37)43-29-17-9-18-30-43)53(56)55(6)51(45-33-21-11-22-34-45)39(3)48(42-27-15-8-16-28-42)40(4)52(55)46-35-23-12-24-36-46/h7-36,49,51H,1-6H3. The maximum atomic E-state index is 17.3. The Hall–Kier alpha value is -6.05. The van der Waals surface area contributed by atoms with Gasteiger partial charge in [-0.2, -0.15) is 0 Å². The van der Waals surface area contributed by atoms with Crippen LogP contribution in [0, 0.1) is 10.8 Å². The molecule has 6 aromatic rings. The number of allylic oxidation sites excluding steroid dienone is 8. The second kappa shape index (κ2) is 14.9. The van der Waals surface area contributed by atoms with E-state index in [9.17, 15) is 0 Å². The fourth-order valence-corrected chi connectivity index (χ4v) is 10.9. The average molecular weight is 727 g/mol. The third-order valence-electron chi connectivity index (χ3n) is 12.8. The molecule has 4 unspecified atom stereocenters. The Morgan fingerprint density at radius 1 is 0.375 bits per heavy atom. The van der Waals surface area contributed by atoms with E-state index in [4.69, 9.17) is 0 Å². The molecule has 0 spiro atoms. The summed E-state index contributed by atoms with van der Waals surface area (Å²) in [5, 5.41) is 0. The van der Waals surface area contributed by atoms with Crippen LogP contribution >= 0.6 is 0 Å². The predicted octanol–water partition coefficient (Wildman–Crippen LogP) is 14.1. The van der Waals surface area contributed by atoms with Gasteiger partial charge in [-0.25, -0.2) is 0 Å². The SMILES string of the molecule is CC1=C(c2ccccc2)C(C)(C(=O)C2(C)C(c3ccccc3)=C(C)C(c3ccccc3)=C(C)C2c2ccccc2)C(c2ccccc2)C(C)=C1c1ccccc1. The van der Waals surface area contributed by atoms with Gasteiger partial charge in [0, 0.05) is 11.8 Å². The minimum Gasteiger partial charge on any atom is -0.298 e. The summed E-state index contributed by atoms with van der Waals surface area (Å²) in [5.74, 6) is -0.256. The van der Waals surface area contributed by atoms with Crippen LogP contribution in [-0.4, -0.2) is 5.78 Å². The van der Waals surface area contributed by atoms with Crippen LogP contribution in [0.3, 0.4) is 0 Å². The molecule has 8 rings (SSSR count). The van der Waals surface area contributed by atoms with Gasteiger partial charge >= 0.3 is 0 Å². The monoisotopic (exact) mass is 726 g/mol. The van der Waals surface area contributed by atoms with E-state index in [-0.39, 0.29) is 17.6 Å². The minimum atomic E-state index is -0.984. The van der Waals surface area contributed by atoms with E-state index in [1.807, 2.05) is 0 Å². The van der Waals surface area contributed by atoms with Crippen molar-refractivity contribution >= 4 is 28.1 Å². The van der Waals surface area contributed by atoms with Crippen molar-refractivity contribution in [3.8, 4) is 0 Å². The van der Waals surface area contributed by atoms with Crippen molar-refractivity contribution in [2.45, 2.75) is 53.4 Å². The largest absolute Gasteiger partial charge is 0.298 e. The van der Waals surface area contributed by atoms with Crippen LogP contribution in [0.2, 0.25) is 0 Å². The Morgan fingerprint density at radius 2 is 0.625 bits per heavy atom. The zero-order chi connectivity index (χ0) is 39.0. The summed E-state index contributed by atoms with van der Waals surface area (Å²) in [4.78, 5) is 17.3. The van der Waals surface area contributed by atoms with Gasteiger partial charge in [-0.3, -0.25) is 4.79 Å². The molecule has 1 heteroatoms. The Bertz CT molecular complexity index is 2330. The van der Waals surface area contributed by atoms with E-state index in [1.54, 1.807) is 0 Å². The summed E-state index contributed by atoms with van der Waals surface area (Å²) in [6.07, 6.45) is 0. The van der Waals surface area contributed by atoms with Crippen LogP contribution in [0.1, 0.15) is 86.8 Å². The lowest BCUT2D eigenvalue weighted by molar-refractivity contribution is -0.133. The molecule has 4 atom stereocenters. The van der Waals surface area contributed by atoms with Crippen molar-refractivity contribution in [2.75, 3.05) is 0 Å². The summed E-state index contributed by atoms with van der Waals surface area (Å²) in [5.41, 5.74) is 14.2. The van der Waals surface area contributed by atoms with Crippen molar-refractivity contribution in [3.63, 3.8) is 0 Å². The van der Waals surface area contributed by atoms with Gasteiger partial charge in [0.05, 0.1) is 10.8 Å². The van der Waals surface area contributed by atoms with Crippen molar-refractivity contribution < 1.29 is 4.79 Å². The van der Waals surface area contributed by atoms with E-state index < -0.39 is 10.8 Å². The maximum Gasteiger partial charge on any atom is 0.155 e. The quantitative estimate of drug-likeness (QED) is 0.153. The molecule has 56 heavy (non-hydrogen) atoms. The van der Waals surface area contributed by atoms with Crippen molar-refractivity contribution in [1.29, 1.82) is 0 Å².